The van der Waals surface area contributed by atoms with Crippen LogP contribution in [0.4, 0.5) is 0 Å². The lowest BCUT2D eigenvalue weighted by Crippen LogP contribution is -2.30. The van der Waals surface area contributed by atoms with Gasteiger partial charge in [0.2, 0.25) is 0 Å². The SMILES string of the molecule is Cc1c(C(=O)NCC(C)C)c(=O)on1C. The maximum atomic E-state index is 11.6. The minimum atomic E-state index is -0.587. The second kappa shape index (κ2) is 4.33. The fourth-order valence-corrected chi connectivity index (χ4v) is 1.19. The summed E-state index contributed by atoms with van der Waals surface area (Å²) in [4.78, 5) is 22.9. The number of amides is 1. The van der Waals surface area contributed by atoms with Crippen LogP contribution < -0.4 is 10.9 Å². The van der Waals surface area contributed by atoms with Crippen LogP contribution in [0.2, 0.25) is 0 Å². The molecule has 0 aromatic carbocycles. The molecule has 1 amide bonds. The normalized spacial score (nSPS) is 10.7. The van der Waals surface area contributed by atoms with Gasteiger partial charge < -0.3 is 9.84 Å². The first-order valence-corrected chi connectivity index (χ1v) is 4.88. The number of aryl methyl sites for hydroxylation is 1. The molecule has 0 aliphatic carbocycles. The molecule has 0 aliphatic rings. The van der Waals surface area contributed by atoms with Crippen LogP contribution in [0.3, 0.4) is 0 Å². The molecule has 0 atom stereocenters. The Hall–Kier alpha value is -1.52. The van der Waals surface area contributed by atoms with Crippen LogP contribution in [0.25, 0.3) is 0 Å². The van der Waals surface area contributed by atoms with Crippen LogP contribution in [0.5, 0.6) is 0 Å². The summed E-state index contributed by atoms with van der Waals surface area (Å²) in [6.07, 6.45) is 0. The Kier molecular flexibility index (Phi) is 3.34. The van der Waals surface area contributed by atoms with E-state index < -0.39 is 5.63 Å². The Labute approximate surface area is 88.0 Å². The molecule has 1 N–H and O–H groups in total. The predicted octanol–water partition coefficient (Wildman–Crippen LogP) is 0.673. The number of nitrogens with one attached hydrogen (secondary N) is 1. The Balaban J connectivity index is 2.87. The zero-order valence-electron chi connectivity index (χ0n) is 9.46. The van der Waals surface area contributed by atoms with Crippen molar-refractivity contribution in [2.75, 3.05) is 6.54 Å². The molecule has 0 bridgehead atoms. The number of carbonyl (C=O) groups is 1. The van der Waals surface area contributed by atoms with E-state index in [1.807, 2.05) is 13.8 Å². The lowest BCUT2D eigenvalue weighted by atomic mass is 10.2. The third kappa shape index (κ3) is 2.49. The van der Waals surface area contributed by atoms with E-state index in [0.29, 0.717) is 18.2 Å². The molecule has 1 heterocycles. The number of carbonyl (C=O) groups excluding carboxylic acids is 1. The van der Waals surface area contributed by atoms with Gasteiger partial charge in [0.05, 0.1) is 5.69 Å². The molecule has 15 heavy (non-hydrogen) atoms. The van der Waals surface area contributed by atoms with Gasteiger partial charge in [-0.2, -0.15) is 0 Å². The Morgan fingerprint density at radius 1 is 1.53 bits per heavy atom. The van der Waals surface area contributed by atoms with Gasteiger partial charge in [-0.05, 0) is 12.8 Å². The average molecular weight is 212 g/mol. The highest BCUT2D eigenvalue weighted by Crippen LogP contribution is 2.02. The van der Waals surface area contributed by atoms with E-state index in [1.54, 1.807) is 14.0 Å². The Morgan fingerprint density at radius 3 is 2.53 bits per heavy atom. The lowest BCUT2D eigenvalue weighted by Gasteiger charge is -2.05. The van der Waals surface area contributed by atoms with Gasteiger partial charge >= 0.3 is 5.63 Å². The predicted molar refractivity (Wildman–Crippen MR) is 55.9 cm³/mol. The number of nitrogens with zero attached hydrogens (tertiary/aromatic N) is 1. The van der Waals surface area contributed by atoms with Crippen LogP contribution in [0.1, 0.15) is 29.9 Å². The van der Waals surface area contributed by atoms with Gasteiger partial charge in [-0.3, -0.25) is 4.79 Å². The monoisotopic (exact) mass is 212 g/mol. The second-order valence-corrected chi connectivity index (χ2v) is 3.94. The van der Waals surface area contributed by atoms with Crippen LogP contribution >= 0.6 is 0 Å². The number of aromatic nitrogens is 1. The lowest BCUT2D eigenvalue weighted by molar-refractivity contribution is 0.0946. The van der Waals surface area contributed by atoms with Gasteiger partial charge in [-0.15, -0.1) is 0 Å². The van der Waals surface area contributed by atoms with Gasteiger partial charge in [-0.1, -0.05) is 13.8 Å². The van der Waals surface area contributed by atoms with E-state index in [1.165, 1.54) is 4.74 Å². The molecule has 0 saturated heterocycles. The number of hydrogen-bond donors (Lipinski definition) is 1. The molecule has 84 valence electrons. The summed E-state index contributed by atoms with van der Waals surface area (Å²) in [6, 6.07) is 0. The zero-order chi connectivity index (χ0) is 11.6. The standard InChI is InChI=1S/C10H16N2O3/c1-6(2)5-11-9(13)8-7(3)12(4)15-10(8)14/h6H,5H2,1-4H3,(H,11,13). The van der Waals surface area contributed by atoms with Crippen molar-refractivity contribution < 1.29 is 9.32 Å². The van der Waals surface area contributed by atoms with Gasteiger partial charge in [0.15, 0.2) is 0 Å². The van der Waals surface area contributed by atoms with Crippen molar-refractivity contribution in [2.24, 2.45) is 13.0 Å². The molecule has 1 rings (SSSR count). The van der Waals surface area contributed by atoms with E-state index in [2.05, 4.69) is 5.32 Å². The number of rotatable bonds is 3. The van der Waals surface area contributed by atoms with Crippen molar-refractivity contribution in [1.29, 1.82) is 0 Å². The highest BCUT2D eigenvalue weighted by atomic mass is 16.5. The van der Waals surface area contributed by atoms with Crippen molar-refractivity contribution in [3.63, 3.8) is 0 Å². The van der Waals surface area contributed by atoms with Gasteiger partial charge in [-0.25, -0.2) is 9.53 Å². The average Bonchev–Trinajstić information content (AvgIpc) is 2.37. The summed E-state index contributed by atoms with van der Waals surface area (Å²) >= 11 is 0. The first kappa shape index (κ1) is 11.6. The van der Waals surface area contributed by atoms with Crippen molar-refractivity contribution in [3.05, 3.63) is 21.7 Å². The van der Waals surface area contributed by atoms with E-state index in [-0.39, 0.29) is 11.5 Å². The Bertz CT molecular complexity index is 415. The molecule has 0 fully saturated rings. The smallest absolute Gasteiger partial charge is 0.351 e. The van der Waals surface area contributed by atoms with Crippen molar-refractivity contribution >= 4 is 5.91 Å². The van der Waals surface area contributed by atoms with Crippen LogP contribution in [-0.2, 0) is 7.05 Å². The quantitative estimate of drug-likeness (QED) is 0.801. The molecule has 1 aromatic rings. The second-order valence-electron chi connectivity index (χ2n) is 3.94. The minimum absolute atomic E-state index is 0.0955. The summed E-state index contributed by atoms with van der Waals surface area (Å²) in [7, 11) is 1.59. The summed E-state index contributed by atoms with van der Waals surface area (Å²) in [5.74, 6) is -0.0134. The maximum absolute atomic E-state index is 11.6. The maximum Gasteiger partial charge on any atom is 0.370 e. The summed E-state index contributed by atoms with van der Waals surface area (Å²) in [6.45, 7) is 6.20. The first-order valence-electron chi connectivity index (χ1n) is 4.88. The molecule has 1 aromatic heterocycles. The molecular weight excluding hydrogens is 196 g/mol. The highest BCUT2D eigenvalue weighted by molar-refractivity contribution is 5.94. The largest absolute Gasteiger partial charge is 0.370 e. The van der Waals surface area contributed by atoms with Crippen LogP contribution in [0.15, 0.2) is 9.32 Å². The van der Waals surface area contributed by atoms with Gasteiger partial charge in [0, 0.05) is 13.6 Å². The van der Waals surface area contributed by atoms with E-state index in [9.17, 15) is 9.59 Å². The summed E-state index contributed by atoms with van der Waals surface area (Å²) in [5, 5.41) is 2.68. The number of hydrogen-bond acceptors (Lipinski definition) is 3. The third-order valence-corrected chi connectivity index (χ3v) is 2.16. The van der Waals surface area contributed by atoms with Gasteiger partial charge in [0.1, 0.15) is 5.56 Å². The molecule has 0 radical (unpaired) electrons. The topological polar surface area (TPSA) is 64.2 Å². The molecule has 0 unspecified atom stereocenters. The van der Waals surface area contributed by atoms with E-state index in [0.717, 1.165) is 0 Å². The third-order valence-electron chi connectivity index (χ3n) is 2.16. The van der Waals surface area contributed by atoms with Crippen LogP contribution in [-0.4, -0.2) is 17.2 Å². The first-order chi connectivity index (χ1) is 6.93. The van der Waals surface area contributed by atoms with Gasteiger partial charge in [0.25, 0.3) is 5.91 Å². The van der Waals surface area contributed by atoms with Crippen molar-refractivity contribution in [2.45, 2.75) is 20.8 Å². The highest BCUT2D eigenvalue weighted by Gasteiger charge is 2.19. The zero-order valence-corrected chi connectivity index (χ0v) is 9.46. The van der Waals surface area contributed by atoms with E-state index in [4.69, 9.17) is 4.52 Å². The van der Waals surface area contributed by atoms with Crippen molar-refractivity contribution in [3.8, 4) is 0 Å². The molecule has 0 spiro atoms. The molecule has 5 heteroatoms. The van der Waals surface area contributed by atoms with E-state index >= 15 is 0 Å². The van der Waals surface area contributed by atoms with Crippen molar-refractivity contribution in [1.82, 2.24) is 10.1 Å². The molecular formula is C10H16N2O3. The summed E-state index contributed by atoms with van der Waals surface area (Å²) < 4.78 is 6.07. The molecule has 5 nitrogen and oxygen atoms in total. The van der Waals surface area contributed by atoms with Crippen LogP contribution in [0, 0.1) is 12.8 Å². The fraction of sp³-hybridized carbons (Fsp3) is 0.600. The minimum Gasteiger partial charge on any atom is -0.351 e. The fourth-order valence-electron chi connectivity index (χ4n) is 1.19. The molecule has 0 saturated carbocycles. The Morgan fingerprint density at radius 2 is 2.13 bits per heavy atom. The molecule has 0 aliphatic heterocycles. The summed E-state index contributed by atoms with van der Waals surface area (Å²) in [5.41, 5.74) is 0.0515.